The monoisotopic (exact) mass is 248 g/mol. The number of anilines is 2. The molecule has 1 aromatic carbocycles. The molecule has 2 rings (SSSR count). The number of benzene rings is 1. The highest BCUT2D eigenvalue weighted by Crippen LogP contribution is 2.38. The van der Waals surface area contributed by atoms with E-state index in [9.17, 15) is 4.79 Å². The number of carbonyl (C=O) groups excluding carboxylic acids is 1. The number of amides is 1. The van der Waals surface area contributed by atoms with E-state index >= 15 is 0 Å². The molecule has 98 valence electrons. The second kappa shape index (κ2) is 4.88. The number of nitrogen functional groups attached to an aromatic ring is 1. The first kappa shape index (κ1) is 12.7. The van der Waals surface area contributed by atoms with E-state index in [1.54, 1.807) is 11.9 Å². The molecule has 0 fully saturated rings. The van der Waals surface area contributed by atoms with Gasteiger partial charge < -0.3 is 15.4 Å². The number of hydrogen-bond donors (Lipinski definition) is 1. The third kappa shape index (κ3) is 2.15. The maximum absolute atomic E-state index is 12.1. The van der Waals surface area contributed by atoms with Crippen molar-refractivity contribution < 1.29 is 9.53 Å². The Kier molecular flexibility index (Phi) is 3.45. The smallest absolute Gasteiger partial charge is 0.233 e. The zero-order chi connectivity index (χ0) is 13.3. The Morgan fingerprint density at radius 1 is 1.50 bits per heavy atom. The zero-order valence-corrected chi connectivity index (χ0v) is 11.2. The van der Waals surface area contributed by atoms with Gasteiger partial charge in [-0.1, -0.05) is 20.3 Å². The number of ether oxygens (including phenoxy) is 1. The second-order valence-corrected chi connectivity index (χ2v) is 4.89. The van der Waals surface area contributed by atoms with E-state index < -0.39 is 0 Å². The van der Waals surface area contributed by atoms with Crippen LogP contribution in [-0.2, 0) is 11.2 Å². The van der Waals surface area contributed by atoms with Crippen molar-refractivity contribution in [3.8, 4) is 5.75 Å². The fourth-order valence-electron chi connectivity index (χ4n) is 2.26. The topological polar surface area (TPSA) is 55.6 Å². The third-order valence-corrected chi connectivity index (χ3v) is 3.29. The minimum Gasteiger partial charge on any atom is -0.488 e. The van der Waals surface area contributed by atoms with Crippen LogP contribution in [0.25, 0.3) is 0 Å². The average molecular weight is 248 g/mol. The van der Waals surface area contributed by atoms with Crippen LogP contribution in [0.5, 0.6) is 5.75 Å². The summed E-state index contributed by atoms with van der Waals surface area (Å²) in [5.41, 5.74) is 8.58. The van der Waals surface area contributed by atoms with Crippen molar-refractivity contribution in [2.75, 3.05) is 24.3 Å². The number of nitrogens with zero attached hydrogens (tertiary/aromatic N) is 1. The van der Waals surface area contributed by atoms with Crippen molar-refractivity contribution in [3.63, 3.8) is 0 Å². The summed E-state index contributed by atoms with van der Waals surface area (Å²) >= 11 is 0. The molecular formula is C14H20N2O2. The predicted octanol–water partition coefficient (Wildman–Crippen LogP) is 2.21. The van der Waals surface area contributed by atoms with Gasteiger partial charge in [0, 0.05) is 7.05 Å². The van der Waals surface area contributed by atoms with E-state index in [0.29, 0.717) is 18.0 Å². The molecule has 1 amide bonds. The number of aryl methyl sites for hydroxylation is 1. The Morgan fingerprint density at radius 3 is 2.89 bits per heavy atom. The van der Waals surface area contributed by atoms with Crippen LogP contribution in [0.15, 0.2) is 12.1 Å². The summed E-state index contributed by atoms with van der Waals surface area (Å²) < 4.78 is 5.68. The average Bonchev–Trinajstić information content (AvgIpc) is 2.44. The van der Waals surface area contributed by atoms with Gasteiger partial charge in [0.05, 0.1) is 23.9 Å². The van der Waals surface area contributed by atoms with Crippen LogP contribution in [-0.4, -0.2) is 19.6 Å². The summed E-state index contributed by atoms with van der Waals surface area (Å²) in [6.45, 7) is 4.37. The Morgan fingerprint density at radius 2 is 2.22 bits per heavy atom. The van der Waals surface area contributed by atoms with Crippen molar-refractivity contribution in [2.24, 2.45) is 5.92 Å². The van der Waals surface area contributed by atoms with E-state index in [1.165, 1.54) is 0 Å². The molecule has 4 nitrogen and oxygen atoms in total. The molecule has 0 aromatic heterocycles. The number of hydrogen-bond acceptors (Lipinski definition) is 3. The lowest BCUT2D eigenvalue weighted by molar-refractivity contribution is -0.122. The summed E-state index contributed by atoms with van der Waals surface area (Å²) in [7, 11) is 1.78. The molecule has 0 radical (unpaired) electrons. The molecular weight excluding hydrogens is 228 g/mol. The molecule has 0 bridgehead atoms. The highest BCUT2D eigenvalue weighted by molar-refractivity contribution is 5.97. The summed E-state index contributed by atoms with van der Waals surface area (Å²) in [6.07, 6.45) is 2.00. The van der Waals surface area contributed by atoms with Gasteiger partial charge in [0.2, 0.25) is 5.91 Å². The Labute approximate surface area is 108 Å². The first-order chi connectivity index (χ1) is 8.54. The molecule has 1 aromatic rings. The molecule has 1 unspecified atom stereocenters. The molecule has 1 aliphatic rings. The summed E-state index contributed by atoms with van der Waals surface area (Å²) in [5.74, 6) is 0.563. The predicted molar refractivity (Wildman–Crippen MR) is 72.9 cm³/mol. The van der Waals surface area contributed by atoms with Gasteiger partial charge in [-0.15, -0.1) is 0 Å². The molecule has 1 aliphatic heterocycles. The number of rotatable bonds is 2. The number of carbonyl (C=O) groups is 1. The van der Waals surface area contributed by atoms with E-state index in [1.807, 2.05) is 19.1 Å². The second-order valence-electron chi connectivity index (χ2n) is 4.89. The fraction of sp³-hybridized carbons (Fsp3) is 0.500. The molecule has 0 aliphatic carbocycles. The van der Waals surface area contributed by atoms with Gasteiger partial charge in [-0.25, -0.2) is 0 Å². The molecule has 18 heavy (non-hydrogen) atoms. The molecule has 0 spiro atoms. The van der Waals surface area contributed by atoms with Crippen molar-refractivity contribution >= 4 is 17.3 Å². The molecule has 0 saturated carbocycles. The molecule has 0 saturated heterocycles. The van der Waals surface area contributed by atoms with Gasteiger partial charge in [-0.3, -0.25) is 4.79 Å². The van der Waals surface area contributed by atoms with Crippen LogP contribution in [0.3, 0.4) is 0 Å². The van der Waals surface area contributed by atoms with Crippen molar-refractivity contribution in [1.29, 1.82) is 0 Å². The van der Waals surface area contributed by atoms with Crippen LogP contribution in [0.4, 0.5) is 11.4 Å². The summed E-state index contributed by atoms with van der Waals surface area (Å²) in [5, 5.41) is 0. The van der Waals surface area contributed by atoms with Gasteiger partial charge >= 0.3 is 0 Å². The largest absolute Gasteiger partial charge is 0.488 e. The van der Waals surface area contributed by atoms with Gasteiger partial charge in [-0.05, 0) is 24.1 Å². The van der Waals surface area contributed by atoms with E-state index in [-0.39, 0.29) is 11.8 Å². The molecule has 1 atom stereocenters. The van der Waals surface area contributed by atoms with E-state index in [0.717, 1.165) is 24.1 Å². The van der Waals surface area contributed by atoms with Crippen LogP contribution in [0.1, 0.15) is 25.8 Å². The maximum atomic E-state index is 12.1. The van der Waals surface area contributed by atoms with E-state index in [2.05, 4.69) is 6.92 Å². The minimum atomic E-state index is -0.142. The third-order valence-electron chi connectivity index (χ3n) is 3.29. The first-order valence-corrected chi connectivity index (χ1v) is 6.37. The Balaban J connectivity index is 2.49. The summed E-state index contributed by atoms with van der Waals surface area (Å²) in [4.78, 5) is 13.7. The quantitative estimate of drug-likeness (QED) is 0.816. The standard InChI is InChI=1S/C14H20N2O2/c1-4-5-10-6-11(15)13-12(7-10)16(3)14(17)9(2)8-18-13/h6-7,9H,4-5,8,15H2,1-3H3. The van der Waals surface area contributed by atoms with Crippen LogP contribution < -0.4 is 15.4 Å². The van der Waals surface area contributed by atoms with Gasteiger partial charge in [0.25, 0.3) is 0 Å². The number of fused-ring (bicyclic) bond motifs is 1. The van der Waals surface area contributed by atoms with Gasteiger partial charge in [-0.2, -0.15) is 0 Å². The van der Waals surface area contributed by atoms with E-state index in [4.69, 9.17) is 10.5 Å². The maximum Gasteiger partial charge on any atom is 0.233 e. The van der Waals surface area contributed by atoms with Gasteiger partial charge in [0.15, 0.2) is 5.75 Å². The first-order valence-electron chi connectivity index (χ1n) is 6.37. The Hall–Kier alpha value is -1.71. The van der Waals surface area contributed by atoms with Crippen molar-refractivity contribution in [1.82, 2.24) is 0 Å². The normalized spacial score (nSPS) is 19.2. The Bertz CT molecular complexity index is 471. The minimum absolute atomic E-state index is 0.0711. The highest BCUT2D eigenvalue weighted by Gasteiger charge is 2.27. The molecule has 2 N–H and O–H groups in total. The lowest BCUT2D eigenvalue weighted by Gasteiger charge is -2.19. The van der Waals surface area contributed by atoms with Crippen molar-refractivity contribution in [2.45, 2.75) is 26.7 Å². The van der Waals surface area contributed by atoms with Gasteiger partial charge in [0.1, 0.15) is 0 Å². The molecule has 4 heteroatoms. The zero-order valence-electron chi connectivity index (χ0n) is 11.2. The lowest BCUT2D eigenvalue weighted by atomic mass is 10.1. The fourth-order valence-corrected chi connectivity index (χ4v) is 2.26. The van der Waals surface area contributed by atoms with Crippen LogP contribution in [0, 0.1) is 5.92 Å². The SMILES string of the molecule is CCCc1cc(N)c2c(c1)N(C)C(=O)C(C)CO2. The van der Waals surface area contributed by atoms with Crippen molar-refractivity contribution in [3.05, 3.63) is 17.7 Å². The number of nitrogens with two attached hydrogens (primary N) is 1. The summed E-state index contributed by atoms with van der Waals surface area (Å²) in [6, 6.07) is 3.95. The lowest BCUT2D eigenvalue weighted by Crippen LogP contribution is -2.31. The highest BCUT2D eigenvalue weighted by atomic mass is 16.5. The molecule has 1 heterocycles. The van der Waals surface area contributed by atoms with Crippen LogP contribution in [0.2, 0.25) is 0 Å². The van der Waals surface area contributed by atoms with Crippen LogP contribution >= 0.6 is 0 Å².